The van der Waals surface area contributed by atoms with Crippen LogP contribution in [0.4, 0.5) is 11.4 Å². The molecular weight excluding hydrogens is 344 g/mol. The molecule has 1 amide bonds. The number of amides is 1. The van der Waals surface area contributed by atoms with Gasteiger partial charge in [-0.3, -0.25) is 9.78 Å². The van der Waals surface area contributed by atoms with Crippen molar-refractivity contribution in [2.24, 2.45) is 0 Å². The molecule has 0 spiro atoms. The molecule has 0 unspecified atom stereocenters. The summed E-state index contributed by atoms with van der Waals surface area (Å²) in [5, 5.41) is 3.63. The Morgan fingerprint density at radius 1 is 1.15 bits per heavy atom. The number of nitrogens with two attached hydrogens (primary N) is 1. The lowest BCUT2D eigenvalue weighted by Crippen LogP contribution is -2.14. The fourth-order valence-corrected chi connectivity index (χ4v) is 3.64. The Labute approximate surface area is 157 Å². The Morgan fingerprint density at radius 3 is 2.65 bits per heavy atom. The summed E-state index contributed by atoms with van der Waals surface area (Å²) in [6, 6.07) is 11.4. The summed E-state index contributed by atoms with van der Waals surface area (Å²) in [6.07, 6.45) is 5.02. The van der Waals surface area contributed by atoms with Crippen molar-refractivity contribution in [2.45, 2.75) is 24.6 Å². The SMILES string of the molecule is Cc1cc(C)cc(NC(=O)c2cccnc2SCc2ccncc2N)c1. The van der Waals surface area contributed by atoms with Gasteiger partial charge in [0.2, 0.25) is 0 Å². The minimum absolute atomic E-state index is 0.173. The topological polar surface area (TPSA) is 80.9 Å². The summed E-state index contributed by atoms with van der Waals surface area (Å²) in [6.45, 7) is 4.01. The number of thioether (sulfide) groups is 1. The molecule has 0 radical (unpaired) electrons. The zero-order valence-corrected chi connectivity index (χ0v) is 15.5. The predicted octanol–water partition coefficient (Wildman–Crippen LogP) is 4.22. The minimum atomic E-state index is -0.173. The molecule has 3 rings (SSSR count). The lowest BCUT2D eigenvalue weighted by molar-refractivity contribution is 0.102. The highest BCUT2D eigenvalue weighted by atomic mass is 32.2. The maximum absolute atomic E-state index is 12.7. The van der Waals surface area contributed by atoms with Crippen LogP contribution in [0.15, 0.2) is 60.0 Å². The molecule has 132 valence electrons. The third-order valence-corrected chi connectivity index (χ3v) is 4.86. The number of aromatic nitrogens is 2. The highest BCUT2D eigenvalue weighted by Crippen LogP contribution is 2.27. The van der Waals surface area contributed by atoms with E-state index in [1.165, 1.54) is 11.8 Å². The second kappa shape index (κ2) is 8.01. The van der Waals surface area contributed by atoms with Gasteiger partial charge in [-0.1, -0.05) is 6.07 Å². The van der Waals surface area contributed by atoms with Gasteiger partial charge in [0.15, 0.2) is 0 Å². The van der Waals surface area contributed by atoms with Crippen molar-refractivity contribution >= 4 is 29.0 Å². The molecule has 0 saturated carbocycles. The zero-order valence-electron chi connectivity index (χ0n) is 14.7. The van der Waals surface area contributed by atoms with Crippen molar-refractivity contribution in [3.63, 3.8) is 0 Å². The summed E-state index contributed by atoms with van der Waals surface area (Å²) in [7, 11) is 0. The summed E-state index contributed by atoms with van der Waals surface area (Å²) in [5.74, 6) is 0.447. The van der Waals surface area contributed by atoms with Gasteiger partial charge in [0, 0.05) is 23.8 Å². The third kappa shape index (κ3) is 4.40. The van der Waals surface area contributed by atoms with Crippen LogP contribution in [0, 0.1) is 13.8 Å². The van der Waals surface area contributed by atoms with E-state index in [-0.39, 0.29) is 5.91 Å². The van der Waals surface area contributed by atoms with Gasteiger partial charge in [-0.2, -0.15) is 0 Å². The first-order valence-electron chi connectivity index (χ1n) is 8.19. The highest BCUT2D eigenvalue weighted by Gasteiger charge is 2.14. The van der Waals surface area contributed by atoms with E-state index in [1.807, 2.05) is 32.0 Å². The van der Waals surface area contributed by atoms with Gasteiger partial charge in [-0.15, -0.1) is 11.8 Å². The Kier molecular flexibility index (Phi) is 5.53. The number of pyridine rings is 2. The second-order valence-corrected chi connectivity index (χ2v) is 7.01. The van der Waals surface area contributed by atoms with Gasteiger partial charge in [0.05, 0.1) is 17.4 Å². The molecule has 3 aromatic rings. The Balaban J connectivity index is 1.78. The Morgan fingerprint density at radius 2 is 1.92 bits per heavy atom. The van der Waals surface area contributed by atoms with Gasteiger partial charge in [-0.25, -0.2) is 4.98 Å². The van der Waals surface area contributed by atoms with Crippen molar-refractivity contribution in [3.05, 3.63) is 77.2 Å². The fraction of sp³-hybridized carbons (Fsp3) is 0.150. The third-order valence-electron chi connectivity index (χ3n) is 3.81. The number of rotatable bonds is 5. The summed E-state index contributed by atoms with van der Waals surface area (Å²) in [4.78, 5) is 21.1. The zero-order chi connectivity index (χ0) is 18.5. The quantitative estimate of drug-likeness (QED) is 0.663. The van der Waals surface area contributed by atoms with E-state index >= 15 is 0 Å². The van der Waals surface area contributed by atoms with E-state index in [0.29, 0.717) is 22.0 Å². The van der Waals surface area contributed by atoms with E-state index in [1.54, 1.807) is 30.7 Å². The van der Waals surface area contributed by atoms with Crippen LogP contribution >= 0.6 is 11.8 Å². The number of nitrogen functional groups attached to an aromatic ring is 1. The molecular formula is C20H20N4OS. The largest absolute Gasteiger partial charge is 0.397 e. The van der Waals surface area contributed by atoms with Gasteiger partial charge in [0.25, 0.3) is 5.91 Å². The van der Waals surface area contributed by atoms with E-state index < -0.39 is 0 Å². The molecule has 0 atom stereocenters. The Hall–Kier alpha value is -2.86. The molecule has 0 aliphatic carbocycles. The maximum atomic E-state index is 12.7. The van der Waals surface area contributed by atoms with E-state index in [4.69, 9.17) is 5.73 Å². The monoisotopic (exact) mass is 364 g/mol. The van der Waals surface area contributed by atoms with Crippen LogP contribution in [-0.4, -0.2) is 15.9 Å². The van der Waals surface area contributed by atoms with E-state index in [9.17, 15) is 4.79 Å². The first-order chi connectivity index (χ1) is 12.5. The molecule has 0 bridgehead atoms. The first kappa shape index (κ1) is 17.9. The number of carbonyl (C=O) groups excluding carboxylic acids is 1. The van der Waals surface area contributed by atoms with E-state index in [0.717, 1.165) is 22.4 Å². The van der Waals surface area contributed by atoms with Gasteiger partial charge in [-0.05, 0) is 60.9 Å². The molecule has 26 heavy (non-hydrogen) atoms. The van der Waals surface area contributed by atoms with Crippen LogP contribution in [0.2, 0.25) is 0 Å². The van der Waals surface area contributed by atoms with Crippen molar-refractivity contribution in [2.75, 3.05) is 11.1 Å². The van der Waals surface area contributed by atoms with Crippen LogP contribution < -0.4 is 11.1 Å². The molecule has 1 aromatic carbocycles. The van der Waals surface area contributed by atoms with Crippen molar-refractivity contribution in [1.29, 1.82) is 0 Å². The smallest absolute Gasteiger partial charge is 0.258 e. The van der Waals surface area contributed by atoms with Crippen LogP contribution in [0.5, 0.6) is 0 Å². The lowest BCUT2D eigenvalue weighted by atomic mass is 10.1. The summed E-state index contributed by atoms with van der Waals surface area (Å²) < 4.78 is 0. The molecule has 6 heteroatoms. The highest BCUT2D eigenvalue weighted by molar-refractivity contribution is 7.98. The maximum Gasteiger partial charge on any atom is 0.258 e. The molecule has 2 heterocycles. The molecule has 2 aromatic heterocycles. The Bertz CT molecular complexity index is 922. The number of carbonyl (C=O) groups is 1. The van der Waals surface area contributed by atoms with E-state index in [2.05, 4.69) is 21.4 Å². The number of nitrogens with one attached hydrogen (secondary N) is 1. The summed E-state index contributed by atoms with van der Waals surface area (Å²) >= 11 is 1.48. The van der Waals surface area contributed by atoms with Gasteiger partial charge >= 0.3 is 0 Å². The van der Waals surface area contributed by atoms with Crippen LogP contribution in [-0.2, 0) is 5.75 Å². The summed E-state index contributed by atoms with van der Waals surface area (Å²) in [5.41, 5.74) is 11.1. The standard InChI is InChI=1S/C20H20N4OS/c1-13-8-14(2)10-16(9-13)24-19(25)17-4-3-6-23-20(17)26-12-15-5-7-22-11-18(15)21/h3-11H,12,21H2,1-2H3,(H,24,25). The number of anilines is 2. The second-order valence-electron chi connectivity index (χ2n) is 6.05. The number of aryl methyl sites for hydroxylation is 2. The minimum Gasteiger partial charge on any atom is -0.397 e. The molecule has 0 fully saturated rings. The number of benzene rings is 1. The first-order valence-corrected chi connectivity index (χ1v) is 9.17. The normalized spacial score (nSPS) is 10.5. The van der Waals surface area contributed by atoms with Gasteiger partial charge in [0.1, 0.15) is 5.03 Å². The molecule has 0 aliphatic rings. The average Bonchev–Trinajstić information content (AvgIpc) is 2.60. The van der Waals surface area contributed by atoms with Crippen molar-refractivity contribution in [3.8, 4) is 0 Å². The van der Waals surface area contributed by atoms with Crippen molar-refractivity contribution in [1.82, 2.24) is 9.97 Å². The van der Waals surface area contributed by atoms with Crippen LogP contribution in [0.1, 0.15) is 27.0 Å². The lowest BCUT2D eigenvalue weighted by Gasteiger charge is -2.11. The van der Waals surface area contributed by atoms with Crippen LogP contribution in [0.25, 0.3) is 0 Å². The fourth-order valence-electron chi connectivity index (χ4n) is 2.64. The molecule has 3 N–H and O–H groups in total. The number of hydrogen-bond donors (Lipinski definition) is 2. The molecule has 5 nitrogen and oxygen atoms in total. The van der Waals surface area contributed by atoms with Gasteiger partial charge < -0.3 is 11.1 Å². The predicted molar refractivity (Wildman–Crippen MR) is 106 cm³/mol. The number of hydrogen-bond acceptors (Lipinski definition) is 5. The number of nitrogens with zero attached hydrogens (tertiary/aromatic N) is 2. The molecule has 0 aliphatic heterocycles. The van der Waals surface area contributed by atoms with Crippen LogP contribution in [0.3, 0.4) is 0 Å². The molecule has 0 saturated heterocycles. The van der Waals surface area contributed by atoms with Crippen molar-refractivity contribution < 1.29 is 4.79 Å². The average molecular weight is 364 g/mol.